The van der Waals surface area contributed by atoms with E-state index in [9.17, 15) is 14.4 Å². The molecule has 2 aromatic rings. The Morgan fingerprint density at radius 3 is 2.27 bits per heavy atom. The number of amides is 3. The van der Waals surface area contributed by atoms with Gasteiger partial charge in [0.05, 0.1) is 5.25 Å². The lowest BCUT2D eigenvalue weighted by Crippen LogP contribution is -2.50. The first kappa shape index (κ1) is 24.8. The highest BCUT2D eigenvalue weighted by atomic mass is 32.2. The van der Waals surface area contributed by atoms with Crippen molar-refractivity contribution in [3.63, 3.8) is 0 Å². The molecule has 7 heteroatoms. The van der Waals surface area contributed by atoms with Gasteiger partial charge in [-0.15, -0.1) is 11.8 Å². The van der Waals surface area contributed by atoms with Gasteiger partial charge in [0.15, 0.2) is 0 Å². The van der Waals surface area contributed by atoms with Crippen LogP contribution in [0.1, 0.15) is 50.4 Å². The lowest BCUT2D eigenvalue weighted by atomic mass is 10.0. The standard InChI is InChI=1S/C26H33N3O3S/c1-4-16-29(23-14-17-28(18-15-23)26(32)21-8-6-5-7-9-21)25(31)19(2)33-24-12-10-22(11-13-24)27-20(3)30/h5-13,19,23H,4,14-18H2,1-3H3,(H,27,30). The van der Waals surface area contributed by atoms with Crippen molar-refractivity contribution < 1.29 is 14.4 Å². The summed E-state index contributed by atoms with van der Waals surface area (Å²) in [5.74, 6) is 0.0975. The van der Waals surface area contributed by atoms with Crippen molar-refractivity contribution >= 4 is 35.2 Å². The minimum Gasteiger partial charge on any atom is -0.339 e. The average Bonchev–Trinajstić information content (AvgIpc) is 2.83. The third-order valence-electron chi connectivity index (χ3n) is 5.80. The summed E-state index contributed by atoms with van der Waals surface area (Å²) in [7, 11) is 0. The van der Waals surface area contributed by atoms with Gasteiger partial charge in [0.25, 0.3) is 5.91 Å². The number of anilines is 1. The SMILES string of the molecule is CCCN(C(=O)C(C)Sc1ccc(NC(C)=O)cc1)C1CCN(C(=O)c2ccccc2)CC1. The quantitative estimate of drug-likeness (QED) is 0.573. The molecule has 3 rings (SSSR count). The normalized spacial score (nSPS) is 15.1. The Labute approximate surface area is 200 Å². The van der Waals surface area contributed by atoms with E-state index in [0.29, 0.717) is 18.7 Å². The van der Waals surface area contributed by atoms with Gasteiger partial charge >= 0.3 is 0 Å². The van der Waals surface area contributed by atoms with Crippen molar-refractivity contribution in [1.82, 2.24) is 9.80 Å². The third kappa shape index (κ3) is 6.84. The fourth-order valence-electron chi connectivity index (χ4n) is 4.17. The average molecular weight is 468 g/mol. The smallest absolute Gasteiger partial charge is 0.253 e. The van der Waals surface area contributed by atoms with E-state index in [1.807, 2.05) is 71.3 Å². The van der Waals surface area contributed by atoms with E-state index in [1.54, 1.807) is 0 Å². The first-order valence-corrected chi connectivity index (χ1v) is 12.5. The molecule has 3 amide bonds. The van der Waals surface area contributed by atoms with Gasteiger partial charge in [-0.1, -0.05) is 25.1 Å². The molecule has 1 aliphatic rings. The molecule has 1 heterocycles. The van der Waals surface area contributed by atoms with Gasteiger partial charge in [-0.2, -0.15) is 0 Å². The van der Waals surface area contributed by atoms with Crippen LogP contribution < -0.4 is 5.32 Å². The molecule has 0 aliphatic carbocycles. The highest BCUT2D eigenvalue weighted by Crippen LogP contribution is 2.28. The Balaban J connectivity index is 1.58. The van der Waals surface area contributed by atoms with Crippen LogP contribution in [-0.4, -0.2) is 58.4 Å². The summed E-state index contributed by atoms with van der Waals surface area (Å²) in [4.78, 5) is 42.2. The molecular weight excluding hydrogens is 434 g/mol. The molecule has 0 bridgehead atoms. The van der Waals surface area contributed by atoms with Gasteiger partial charge in [0.2, 0.25) is 11.8 Å². The van der Waals surface area contributed by atoms with Crippen molar-refractivity contribution in [2.75, 3.05) is 25.0 Å². The van der Waals surface area contributed by atoms with Crippen molar-refractivity contribution in [1.29, 1.82) is 0 Å². The zero-order valence-corrected chi connectivity index (χ0v) is 20.4. The van der Waals surface area contributed by atoms with Crippen LogP contribution in [0.5, 0.6) is 0 Å². The number of nitrogens with zero attached hydrogens (tertiary/aromatic N) is 2. The molecule has 1 fully saturated rings. The molecule has 1 atom stereocenters. The zero-order valence-electron chi connectivity index (χ0n) is 19.6. The van der Waals surface area contributed by atoms with Gasteiger partial charge in [0.1, 0.15) is 0 Å². The summed E-state index contributed by atoms with van der Waals surface area (Å²) in [6.45, 7) is 7.57. The highest BCUT2D eigenvalue weighted by molar-refractivity contribution is 8.00. The van der Waals surface area contributed by atoms with Gasteiger partial charge in [-0.25, -0.2) is 0 Å². The molecule has 0 aromatic heterocycles. The molecule has 1 unspecified atom stereocenters. The Morgan fingerprint density at radius 2 is 1.70 bits per heavy atom. The maximum absolute atomic E-state index is 13.4. The Hall–Kier alpha value is -2.80. The van der Waals surface area contributed by atoms with Crippen LogP contribution in [0.3, 0.4) is 0 Å². The molecule has 2 aromatic carbocycles. The second kappa shape index (κ2) is 11.9. The predicted octanol–water partition coefficient (Wildman–Crippen LogP) is 4.67. The van der Waals surface area contributed by atoms with Crippen LogP contribution in [0.2, 0.25) is 0 Å². The number of likely N-dealkylation sites (tertiary alicyclic amines) is 1. The number of nitrogens with one attached hydrogen (secondary N) is 1. The third-order valence-corrected chi connectivity index (χ3v) is 6.90. The molecule has 176 valence electrons. The fraction of sp³-hybridized carbons (Fsp3) is 0.423. The lowest BCUT2D eigenvalue weighted by Gasteiger charge is -2.39. The topological polar surface area (TPSA) is 69.7 Å². The van der Waals surface area contributed by atoms with E-state index < -0.39 is 0 Å². The highest BCUT2D eigenvalue weighted by Gasteiger charge is 2.31. The van der Waals surface area contributed by atoms with Crippen LogP contribution in [0.25, 0.3) is 0 Å². The lowest BCUT2D eigenvalue weighted by molar-refractivity contribution is -0.133. The second-order valence-corrected chi connectivity index (χ2v) is 9.80. The first-order chi connectivity index (χ1) is 15.9. The number of carbonyl (C=O) groups is 3. The minimum atomic E-state index is -0.216. The fourth-order valence-corrected chi connectivity index (χ4v) is 5.10. The summed E-state index contributed by atoms with van der Waals surface area (Å²) in [6, 6.07) is 17.1. The summed E-state index contributed by atoms with van der Waals surface area (Å²) in [5, 5.41) is 2.54. The number of rotatable bonds is 8. The van der Waals surface area contributed by atoms with Crippen molar-refractivity contribution in [3.8, 4) is 0 Å². The van der Waals surface area contributed by atoms with Gasteiger partial charge < -0.3 is 15.1 Å². The largest absolute Gasteiger partial charge is 0.339 e. The molecule has 1 N–H and O–H groups in total. The van der Waals surface area contributed by atoms with E-state index in [-0.39, 0.29) is 29.0 Å². The monoisotopic (exact) mass is 467 g/mol. The van der Waals surface area contributed by atoms with Crippen LogP contribution in [0.4, 0.5) is 5.69 Å². The minimum absolute atomic E-state index is 0.0639. The van der Waals surface area contributed by atoms with Crippen molar-refractivity contribution in [3.05, 3.63) is 60.2 Å². The predicted molar refractivity (Wildman–Crippen MR) is 133 cm³/mol. The van der Waals surface area contributed by atoms with Crippen LogP contribution in [0, 0.1) is 0 Å². The number of piperidine rings is 1. The molecular formula is C26H33N3O3S. The number of hydrogen-bond acceptors (Lipinski definition) is 4. The van der Waals surface area contributed by atoms with Crippen LogP contribution >= 0.6 is 11.8 Å². The first-order valence-electron chi connectivity index (χ1n) is 11.6. The summed E-state index contributed by atoms with van der Waals surface area (Å²) < 4.78 is 0. The summed E-state index contributed by atoms with van der Waals surface area (Å²) in [6.07, 6.45) is 2.50. The Bertz CT molecular complexity index is 941. The van der Waals surface area contributed by atoms with E-state index in [2.05, 4.69) is 12.2 Å². The van der Waals surface area contributed by atoms with Gasteiger partial charge in [-0.3, -0.25) is 14.4 Å². The van der Waals surface area contributed by atoms with Crippen LogP contribution in [0.15, 0.2) is 59.5 Å². The molecule has 0 radical (unpaired) electrons. The molecule has 1 saturated heterocycles. The Morgan fingerprint density at radius 1 is 1.06 bits per heavy atom. The molecule has 33 heavy (non-hydrogen) atoms. The maximum atomic E-state index is 13.4. The van der Waals surface area contributed by atoms with Gasteiger partial charge in [-0.05, 0) is 62.6 Å². The van der Waals surface area contributed by atoms with Crippen LogP contribution in [-0.2, 0) is 9.59 Å². The van der Waals surface area contributed by atoms with E-state index in [4.69, 9.17) is 0 Å². The summed E-state index contributed by atoms with van der Waals surface area (Å²) >= 11 is 1.53. The number of benzene rings is 2. The summed E-state index contributed by atoms with van der Waals surface area (Å²) in [5.41, 5.74) is 1.46. The molecule has 1 aliphatic heterocycles. The molecule has 0 saturated carbocycles. The van der Waals surface area contributed by atoms with Gasteiger partial charge in [0, 0.05) is 48.7 Å². The number of thioether (sulfide) groups is 1. The second-order valence-electron chi connectivity index (χ2n) is 8.39. The van der Waals surface area contributed by atoms with Crippen molar-refractivity contribution in [2.24, 2.45) is 0 Å². The molecule has 0 spiro atoms. The molecule has 6 nitrogen and oxygen atoms in total. The van der Waals surface area contributed by atoms with E-state index >= 15 is 0 Å². The van der Waals surface area contributed by atoms with E-state index in [0.717, 1.165) is 36.4 Å². The van der Waals surface area contributed by atoms with E-state index in [1.165, 1.54) is 18.7 Å². The number of carbonyl (C=O) groups excluding carboxylic acids is 3. The Kier molecular flexibility index (Phi) is 8.95. The van der Waals surface area contributed by atoms with Crippen molar-refractivity contribution in [2.45, 2.75) is 56.2 Å². The number of hydrogen-bond donors (Lipinski definition) is 1. The maximum Gasteiger partial charge on any atom is 0.253 e. The zero-order chi connectivity index (χ0) is 23.8.